The van der Waals surface area contributed by atoms with Gasteiger partial charge < -0.3 is 10.5 Å². The van der Waals surface area contributed by atoms with Crippen molar-refractivity contribution in [3.8, 4) is 5.75 Å². The molecular formula is C17H17ClFNO. The normalized spacial score (nSPS) is 17.2. The Hall–Kier alpha value is -1.58. The van der Waals surface area contributed by atoms with Crippen LogP contribution in [0.5, 0.6) is 5.75 Å². The third kappa shape index (κ3) is 2.76. The smallest absolute Gasteiger partial charge is 0.128 e. The Morgan fingerprint density at radius 3 is 2.76 bits per heavy atom. The molecule has 0 amide bonds. The Bertz CT molecular complexity index is 699. The van der Waals surface area contributed by atoms with E-state index in [9.17, 15) is 4.39 Å². The van der Waals surface area contributed by atoms with E-state index in [2.05, 4.69) is 0 Å². The lowest BCUT2D eigenvalue weighted by molar-refractivity contribution is 0.138. The van der Waals surface area contributed by atoms with Gasteiger partial charge in [0, 0.05) is 17.0 Å². The highest BCUT2D eigenvalue weighted by Gasteiger charge is 2.30. The summed E-state index contributed by atoms with van der Waals surface area (Å²) in [6.45, 7) is 4.09. The minimum Gasteiger partial charge on any atom is -0.487 e. The van der Waals surface area contributed by atoms with Crippen molar-refractivity contribution in [3.63, 3.8) is 0 Å². The van der Waals surface area contributed by atoms with Gasteiger partial charge in [0.15, 0.2) is 0 Å². The van der Waals surface area contributed by atoms with Gasteiger partial charge in [-0.3, -0.25) is 0 Å². The molecule has 0 saturated heterocycles. The maximum absolute atomic E-state index is 13.9. The van der Waals surface area contributed by atoms with E-state index < -0.39 is 6.04 Å². The zero-order valence-electron chi connectivity index (χ0n) is 12.0. The Labute approximate surface area is 128 Å². The van der Waals surface area contributed by atoms with Crippen LogP contribution in [0.3, 0.4) is 0 Å². The summed E-state index contributed by atoms with van der Waals surface area (Å²) in [5.74, 6) is 0.534. The molecule has 0 bridgehead atoms. The molecule has 0 saturated carbocycles. The van der Waals surface area contributed by atoms with Crippen molar-refractivity contribution in [2.75, 3.05) is 0 Å². The summed E-state index contributed by atoms with van der Waals surface area (Å²) >= 11 is 5.94. The van der Waals surface area contributed by atoms with Gasteiger partial charge in [0.25, 0.3) is 0 Å². The van der Waals surface area contributed by atoms with E-state index in [1.807, 2.05) is 32.0 Å². The predicted octanol–water partition coefficient (Wildman–Crippen LogP) is 4.24. The number of fused-ring (bicyclic) bond motifs is 1. The third-order valence-corrected chi connectivity index (χ3v) is 3.97. The zero-order chi connectivity index (χ0) is 15.2. The molecule has 0 radical (unpaired) electrons. The summed E-state index contributed by atoms with van der Waals surface area (Å²) in [7, 11) is 0. The summed E-state index contributed by atoms with van der Waals surface area (Å²) in [5.41, 5.74) is 8.37. The van der Waals surface area contributed by atoms with Gasteiger partial charge in [-0.25, -0.2) is 4.39 Å². The van der Waals surface area contributed by atoms with E-state index >= 15 is 0 Å². The van der Waals surface area contributed by atoms with Crippen molar-refractivity contribution < 1.29 is 9.13 Å². The van der Waals surface area contributed by atoms with Crippen LogP contribution in [0.1, 0.15) is 36.6 Å². The summed E-state index contributed by atoms with van der Waals surface area (Å²) in [5, 5.41) is 0.479. The predicted molar refractivity (Wildman–Crippen MR) is 82.3 cm³/mol. The standard InChI is InChI=1S/C17H17ClFNO/c1-17(2)9-11-7-10(3-6-15(11)21-17)16(20)13-8-12(18)4-5-14(13)19/h3-8,16H,9,20H2,1-2H3. The molecule has 0 aromatic heterocycles. The van der Waals surface area contributed by atoms with Crippen LogP contribution in [-0.2, 0) is 6.42 Å². The Balaban J connectivity index is 1.97. The molecule has 2 aromatic carbocycles. The van der Waals surface area contributed by atoms with Crippen molar-refractivity contribution >= 4 is 11.6 Å². The van der Waals surface area contributed by atoms with Crippen molar-refractivity contribution in [2.24, 2.45) is 5.73 Å². The first kappa shape index (κ1) is 14.4. The van der Waals surface area contributed by atoms with Crippen LogP contribution >= 0.6 is 11.6 Å². The van der Waals surface area contributed by atoms with Crippen molar-refractivity contribution in [1.29, 1.82) is 0 Å². The molecule has 1 atom stereocenters. The average molecular weight is 306 g/mol. The van der Waals surface area contributed by atoms with Crippen LogP contribution in [0, 0.1) is 5.82 Å². The Morgan fingerprint density at radius 1 is 1.24 bits per heavy atom. The third-order valence-electron chi connectivity index (χ3n) is 3.74. The summed E-state index contributed by atoms with van der Waals surface area (Å²) in [6, 6.07) is 9.68. The highest BCUT2D eigenvalue weighted by molar-refractivity contribution is 6.30. The number of benzene rings is 2. The Morgan fingerprint density at radius 2 is 2.00 bits per heavy atom. The second kappa shape index (κ2) is 5.00. The first-order valence-electron chi connectivity index (χ1n) is 6.88. The van der Waals surface area contributed by atoms with Crippen LogP contribution in [0.25, 0.3) is 0 Å². The largest absolute Gasteiger partial charge is 0.487 e. The topological polar surface area (TPSA) is 35.2 Å². The SMILES string of the molecule is CC1(C)Cc2cc(C(N)c3cc(Cl)ccc3F)ccc2O1. The van der Waals surface area contributed by atoms with Crippen LogP contribution in [-0.4, -0.2) is 5.60 Å². The average Bonchev–Trinajstić information content (AvgIpc) is 2.73. The fraction of sp³-hybridized carbons (Fsp3) is 0.294. The van der Waals surface area contributed by atoms with Gasteiger partial charge in [0.05, 0.1) is 6.04 Å². The fourth-order valence-electron chi connectivity index (χ4n) is 2.76. The molecule has 2 aromatic rings. The molecule has 2 nitrogen and oxygen atoms in total. The van der Waals surface area contributed by atoms with Gasteiger partial charge in [0.2, 0.25) is 0 Å². The van der Waals surface area contributed by atoms with Gasteiger partial charge in [-0.1, -0.05) is 23.7 Å². The van der Waals surface area contributed by atoms with Gasteiger partial charge >= 0.3 is 0 Å². The van der Waals surface area contributed by atoms with Crippen LogP contribution in [0.4, 0.5) is 4.39 Å². The number of hydrogen-bond acceptors (Lipinski definition) is 2. The number of halogens is 2. The summed E-state index contributed by atoms with van der Waals surface area (Å²) < 4.78 is 19.8. The molecule has 1 unspecified atom stereocenters. The highest BCUT2D eigenvalue weighted by atomic mass is 35.5. The lowest BCUT2D eigenvalue weighted by Crippen LogP contribution is -2.24. The maximum atomic E-state index is 13.9. The molecule has 21 heavy (non-hydrogen) atoms. The lowest BCUT2D eigenvalue weighted by atomic mass is 9.95. The summed E-state index contributed by atoms with van der Waals surface area (Å²) in [6.07, 6.45) is 0.820. The molecule has 110 valence electrons. The molecule has 0 fully saturated rings. The van der Waals surface area contributed by atoms with E-state index in [1.54, 1.807) is 6.07 Å². The van der Waals surface area contributed by atoms with Crippen LogP contribution in [0.2, 0.25) is 5.02 Å². The van der Waals surface area contributed by atoms with Gasteiger partial charge in [-0.05, 0) is 49.2 Å². The van der Waals surface area contributed by atoms with E-state index in [-0.39, 0.29) is 11.4 Å². The van der Waals surface area contributed by atoms with E-state index in [0.29, 0.717) is 10.6 Å². The van der Waals surface area contributed by atoms with E-state index in [0.717, 1.165) is 23.3 Å². The van der Waals surface area contributed by atoms with E-state index in [1.165, 1.54) is 12.1 Å². The van der Waals surface area contributed by atoms with Crippen molar-refractivity contribution in [3.05, 3.63) is 63.9 Å². The van der Waals surface area contributed by atoms with E-state index in [4.69, 9.17) is 22.1 Å². The number of nitrogens with two attached hydrogens (primary N) is 1. The van der Waals surface area contributed by atoms with Gasteiger partial charge in [0.1, 0.15) is 17.2 Å². The first-order chi connectivity index (χ1) is 9.85. The number of hydrogen-bond donors (Lipinski definition) is 1. The van der Waals surface area contributed by atoms with Crippen molar-refractivity contribution in [1.82, 2.24) is 0 Å². The molecule has 3 rings (SSSR count). The molecule has 2 N–H and O–H groups in total. The molecule has 0 spiro atoms. The summed E-state index contributed by atoms with van der Waals surface area (Å²) in [4.78, 5) is 0. The molecule has 1 heterocycles. The first-order valence-corrected chi connectivity index (χ1v) is 7.26. The van der Waals surface area contributed by atoms with Crippen molar-refractivity contribution in [2.45, 2.75) is 31.9 Å². The molecule has 1 aliphatic rings. The quantitative estimate of drug-likeness (QED) is 0.900. The molecule has 0 aliphatic carbocycles. The second-order valence-electron chi connectivity index (χ2n) is 6.05. The van der Waals surface area contributed by atoms with Gasteiger partial charge in [-0.2, -0.15) is 0 Å². The molecule has 1 aliphatic heterocycles. The van der Waals surface area contributed by atoms with Gasteiger partial charge in [-0.15, -0.1) is 0 Å². The van der Waals surface area contributed by atoms with Crippen LogP contribution < -0.4 is 10.5 Å². The fourth-order valence-corrected chi connectivity index (χ4v) is 2.94. The minimum absolute atomic E-state index is 0.202. The lowest BCUT2D eigenvalue weighted by Gasteiger charge is -2.16. The number of ether oxygens (including phenoxy) is 1. The molecule has 4 heteroatoms. The second-order valence-corrected chi connectivity index (χ2v) is 6.49. The highest BCUT2D eigenvalue weighted by Crippen LogP contribution is 2.37. The maximum Gasteiger partial charge on any atom is 0.128 e. The monoisotopic (exact) mass is 305 g/mol. The minimum atomic E-state index is -0.544. The molecular weight excluding hydrogens is 289 g/mol. The Kier molecular flexibility index (Phi) is 3.42. The van der Waals surface area contributed by atoms with Crippen LogP contribution in [0.15, 0.2) is 36.4 Å². The number of rotatable bonds is 2. The zero-order valence-corrected chi connectivity index (χ0v) is 12.7.